The van der Waals surface area contributed by atoms with E-state index in [1.165, 1.54) is 0 Å². The fourth-order valence-electron chi connectivity index (χ4n) is 5.40. The number of ether oxygens (including phenoxy) is 1. The zero-order valence-corrected chi connectivity index (χ0v) is 20.9. The molecule has 1 heterocycles. The highest BCUT2D eigenvalue weighted by Gasteiger charge is 2.45. The number of piperidine rings is 1. The summed E-state index contributed by atoms with van der Waals surface area (Å²) in [6.07, 6.45) is 5.81. The van der Waals surface area contributed by atoms with Crippen molar-refractivity contribution in [1.82, 2.24) is 10.6 Å². The van der Waals surface area contributed by atoms with Crippen LogP contribution in [0.3, 0.4) is 0 Å². The number of aliphatic carboxylic acids is 1. The van der Waals surface area contributed by atoms with Gasteiger partial charge in [0.25, 0.3) is 0 Å². The summed E-state index contributed by atoms with van der Waals surface area (Å²) < 4.78 is 5.61. The molecule has 34 heavy (non-hydrogen) atoms. The molecule has 0 spiro atoms. The van der Waals surface area contributed by atoms with Crippen molar-refractivity contribution in [3.63, 3.8) is 0 Å². The third-order valence-electron chi connectivity index (χ3n) is 7.05. The SMILES string of the molecule is C[C@H](NC(CCc1ccccc1)C(=O)O)C(=O)C1NC(C(=O)OC(C)(C)C)CC2CCCCC21. The molecule has 0 radical (unpaired) electrons. The van der Waals surface area contributed by atoms with Gasteiger partial charge in [-0.15, -0.1) is 0 Å². The molecule has 1 saturated carbocycles. The van der Waals surface area contributed by atoms with Crippen LogP contribution in [-0.2, 0) is 25.5 Å². The number of aryl methyl sites for hydroxylation is 1. The van der Waals surface area contributed by atoms with E-state index in [1.807, 2.05) is 51.1 Å². The minimum atomic E-state index is -0.964. The molecule has 0 aromatic heterocycles. The molecule has 2 aliphatic rings. The molecule has 188 valence electrons. The lowest BCUT2D eigenvalue weighted by molar-refractivity contribution is -0.160. The van der Waals surface area contributed by atoms with E-state index in [0.717, 1.165) is 31.2 Å². The van der Waals surface area contributed by atoms with Crippen LogP contribution in [0.5, 0.6) is 0 Å². The lowest BCUT2D eigenvalue weighted by Crippen LogP contribution is -2.62. The number of ketones is 1. The Hall–Kier alpha value is -2.25. The van der Waals surface area contributed by atoms with Crippen LogP contribution in [0.25, 0.3) is 0 Å². The molecule has 1 aliphatic heterocycles. The van der Waals surface area contributed by atoms with Crippen LogP contribution < -0.4 is 10.6 Å². The molecule has 1 aromatic rings. The van der Waals surface area contributed by atoms with Crippen LogP contribution in [-0.4, -0.2) is 52.6 Å². The summed E-state index contributed by atoms with van der Waals surface area (Å²) in [6, 6.07) is 7.26. The van der Waals surface area contributed by atoms with Crippen LogP contribution >= 0.6 is 0 Å². The van der Waals surface area contributed by atoms with Crippen molar-refractivity contribution in [2.45, 2.75) is 102 Å². The normalized spacial score (nSPS) is 26.7. The maximum Gasteiger partial charge on any atom is 0.323 e. The molecular weight excluding hydrogens is 432 g/mol. The number of carboxylic acid groups (broad SMARTS) is 1. The second-order valence-electron chi connectivity index (χ2n) is 10.9. The Bertz CT molecular complexity index is 850. The Labute approximate surface area is 203 Å². The summed E-state index contributed by atoms with van der Waals surface area (Å²) in [5.74, 6) is -0.898. The Morgan fingerprint density at radius 2 is 1.82 bits per heavy atom. The molecule has 1 saturated heterocycles. The number of Topliss-reactive ketones (excluding diaryl/α,β-unsaturated/α-hetero) is 1. The van der Waals surface area contributed by atoms with E-state index in [-0.39, 0.29) is 17.7 Å². The molecule has 0 bridgehead atoms. The van der Waals surface area contributed by atoms with Gasteiger partial charge in [0.2, 0.25) is 0 Å². The topological polar surface area (TPSA) is 105 Å². The molecule has 5 unspecified atom stereocenters. The van der Waals surface area contributed by atoms with E-state index in [1.54, 1.807) is 6.92 Å². The molecule has 1 aromatic carbocycles. The number of carboxylic acids is 1. The fourth-order valence-corrected chi connectivity index (χ4v) is 5.40. The maximum atomic E-state index is 13.6. The van der Waals surface area contributed by atoms with Gasteiger partial charge < -0.3 is 9.84 Å². The summed E-state index contributed by atoms with van der Waals surface area (Å²) in [4.78, 5) is 38.3. The van der Waals surface area contributed by atoms with Gasteiger partial charge in [-0.1, -0.05) is 49.6 Å². The number of nitrogens with one attached hydrogen (secondary N) is 2. The van der Waals surface area contributed by atoms with Crippen molar-refractivity contribution < 1.29 is 24.2 Å². The van der Waals surface area contributed by atoms with Crippen molar-refractivity contribution >= 4 is 17.7 Å². The number of rotatable bonds is 9. The minimum absolute atomic E-state index is 0.0730. The summed E-state index contributed by atoms with van der Waals surface area (Å²) >= 11 is 0. The van der Waals surface area contributed by atoms with Gasteiger partial charge in [0.15, 0.2) is 5.78 Å². The van der Waals surface area contributed by atoms with Crippen LogP contribution in [0.4, 0.5) is 0 Å². The number of hydrogen-bond acceptors (Lipinski definition) is 6. The predicted octanol–water partition coefficient (Wildman–Crippen LogP) is 3.50. The number of fused-ring (bicyclic) bond motifs is 1. The van der Waals surface area contributed by atoms with E-state index in [9.17, 15) is 19.5 Å². The molecule has 1 aliphatic carbocycles. The third kappa shape index (κ3) is 7.12. The van der Waals surface area contributed by atoms with Gasteiger partial charge in [0, 0.05) is 0 Å². The van der Waals surface area contributed by atoms with E-state index in [4.69, 9.17) is 4.74 Å². The third-order valence-corrected chi connectivity index (χ3v) is 7.05. The predicted molar refractivity (Wildman–Crippen MR) is 130 cm³/mol. The maximum absolute atomic E-state index is 13.6. The highest BCUT2D eigenvalue weighted by molar-refractivity contribution is 5.91. The van der Waals surface area contributed by atoms with Crippen LogP contribution in [0.2, 0.25) is 0 Å². The Morgan fingerprint density at radius 1 is 1.15 bits per heavy atom. The minimum Gasteiger partial charge on any atom is -0.480 e. The van der Waals surface area contributed by atoms with Crippen molar-refractivity contribution in [3.8, 4) is 0 Å². The first-order chi connectivity index (χ1) is 16.0. The highest BCUT2D eigenvalue weighted by Crippen LogP contribution is 2.39. The van der Waals surface area contributed by atoms with Gasteiger partial charge in [0.05, 0.1) is 12.1 Å². The van der Waals surface area contributed by atoms with E-state index >= 15 is 0 Å². The zero-order chi connectivity index (χ0) is 24.9. The number of benzene rings is 1. The molecular formula is C27H40N2O5. The summed E-state index contributed by atoms with van der Waals surface area (Å²) in [5.41, 5.74) is 0.470. The van der Waals surface area contributed by atoms with Crippen molar-refractivity contribution in [1.29, 1.82) is 0 Å². The molecule has 2 fully saturated rings. The second kappa shape index (κ2) is 11.5. The summed E-state index contributed by atoms with van der Waals surface area (Å²) in [5, 5.41) is 16.1. The molecule has 3 N–H and O–H groups in total. The standard InChI is InChI=1S/C27H40N2O5/c1-17(28-21(25(31)32)15-14-18-10-6-5-7-11-18)24(30)23-20-13-9-8-12-19(20)16-22(29-23)26(33)34-27(2,3)4/h5-7,10-11,17,19-23,28-29H,8-9,12-16H2,1-4H3,(H,31,32)/t17-,19?,20?,21?,22?,23?/m0/s1. The fraction of sp³-hybridized carbons (Fsp3) is 0.667. The highest BCUT2D eigenvalue weighted by atomic mass is 16.6. The monoisotopic (exact) mass is 472 g/mol. The van der Waals surface area contributed by atoms with E-state index in [2.05, 4.69) is 10.6 Å². The second-order valence-corrected chi connectivity index (χ2v) is 10.9. The number of esters is 1. The smallest absolute Gasteiger partial charge is 0.323 e. The van der Waals surface area contributed by atoms with Gasteiger partial charge >= 0.3 is 11.9 Å². The Morgan fingerprint density at radius 3 is 2.47 bits per heavy atom. The van der Waals surface area contributed by atoms with Crippen molar-refractivity contribution in [2.75, 3.05) is 0 Å². The van der Waals surface area contributed by atoms with Gasteiger partial charge in [-0.3, -0.25) is 25.0 Å². The van der Waals surface area contributed by atoms with Crippen LogP contribution in [0.1, 0.15) is 71.8 Å². The molecule has 0 amide bonds. The number of carbonyl (C=O) groups excluding carboxylic acids is 2. The summed E-state index contributed by atoms with van der Waals surface area (Å²) in [7, 11) is 0. The van der Waals surface area contributed by atoms with Gasteiger partial charge in [-0.05, 0) is 70.8 Å². The first kappa shape index (κ1) is 26.4. The van der Waals surface area contributed by atoms with Gasteiger partial charge in [-0.25, -0.2) is 0 Å². The van der Waals surface area contributed by atoms with E-state index < -0.39 is 35.7 Å². The molecule has 3 rings (SSSR count). The van der Waals surface area contributed by atoms with Crippen LogP contribution in [0.15, 0.2) is 30.3 Å². The zero-order valence-electron chi connectivity index (χ0n) is 20.9. The summed E-state index contributed by atoms with van der Waals surface area (Å²) in [6.45, 7) is 7.26. The number of hydrogen-bond donors (Lipinski definition) is 3. The average molecular weight is 473 g/mol. The molecule has 7 heteroatoms. The lowest BCUT2D eigenvalue weighted by Gasteiger charge is -2.45. The largest absolute Gasteiger partial charge is 0.480 e. The lowest BCUT2D eigenvalue weighted by atomic mass is 9.68. The molecule has 6 atom stereocenters. The number of carbonyl (C=O) groups is 3. The average Bonchev–Trinajstić information content (AvgIpc) is 2.79. The Kier molecular flexibility index (Phi) is 8.88. The van der Waals surface area contributed by atoms with Gasteiger partial charge in [0.1, 0.15) is 17.7 Å². The van der Waals surface area contributed by atoms with Crippen molar-refractivity contribution in [3.05, 3.63) is 35.9 Å². The molecule has 7 nitrogen and oxygen atoms in total. The van der Waals surface area contributed by atoms with Crippen LogP contribution in [0, 0.1) is 11.8 Å². The van der Waals surface area contributed by atoms with Gasteiger partial charge in [-0.2, -0.15) is 0 Å². The first-order valence-corrected chi connectivity index (χ1v) is 12.6. The van der Waals surface area contributed by atoms with E-state index in [0.29, 0.717) is 25.2 Å². The quantitative estimate of drug-likeness (QED) is 0.473. The first-order valence-electron chi connectivity index (χ1n) is 12.6. The van der Waals surface area contributed by atoms with Crippen molar-refractivity contribution in [2.24, 2.45) is 11.8 Å². The Balaban J connectivity index is 1.68.